The van der Waals surface area contributed by atoms with E-state index in [0.717, 1.165) is 10.9 Å². The third-order valence-corrected chi connectivity index (χ3v) is 4.20. The highest BCUT2D eigenvalue weighted by molar-refractivity contribution is 9.10. The van der Waals surface area contributed by atoms with Gasteiger partial charge in [-0.1, -0.05) is 28.1 Å². The van der Waals surface area contributed by atoms with Gasteiger partial charge in [0.25, 0.3) is 0 Å². The van der Waals surface area contributed by atoms with Crippen molar-refractivity contribution in [3.63, 3.8) is 0 Å². The molecule has 0 radical (unpaired) electrons. The Morgan fingerprint density at radius 1 is 1.36 bits per heavy atom. The second-order valence-electron chi connectivity index (χ2n) is 4.28. The summed E-state index contributed by atoms with van der Waals surface area (Å²) in [5.74, 6) is 0. The molecular weight excluding hydrogens is 259 g/mol. The SMILES string of the molecule is CC(Cl)C1(Cc2ccc(Br)cc2)CC1. The zero-order valence-corrected chi connectivity index (χ0v) is 10.6. The minimum Gasteiger partial charge on any atom is -0.123 e. The summed E-state index contributed by atoms with van der Waals surface area (Å²) < 4.78 is 1.14. The lowest BCUT2D eigenvalue weighted by Gasteiger charge is -2.17. The first-order chi connectivity index (χ1) is 6.62. The predicted octanol–water partition coefficient (Wildman–Crippen LogP) is 4.40. The standard InChI is InChI=1S/C12H14BrCl/c1-9(14)12(6-7-12)8-10-2-4-11(13)5-3-10/h2-5,9H,6-8H2,1H3. The Balaban J connectivity index is 2.08. The lowest BCUT2D eigenvalue weighted by molar-refractivity contribution is 0.496. The van der Waals surface area contributed by atoms with Gasteiger partial charge in [-0.15, -0.1) is 11.6 Å². The van der Waals surface area contributed by atoms with Gasteiger partial charge in [0, 0.05) is 9.85 Å². The third-order valence-electron chi connectivity index (χ3n) is 3.21. The second kappa shape index (κ2) is 3.86. The van der Waals surface area contributed by atoms with Gasteiger partial charge in [0.2, 0.25) is 0 Å². The molecule has 0 spiro atoms. The Bertz CT molecular complexity index is 312. The van der Waals surface area contributed by atoms with Crippen molar-refractivity contribution < 1.29 is 0 Å². The Labute approximate surface area is 98.8 Å². The molecule has 1 aromatic rings. The summed E-state index contributed by atoms with van der Waals surface area (Å²) in [6.45, 7) is 2.12. The van der Waals surface area contributed by atoms with Crippen molar-refractivity contribution in [1.29, 1.82) is 0 Å². The molecular formula is C12H14BrCl. The summed E-state index contributed by atoms with van der Waals surface area (Å²) in [6.07, 6.45) is 3.70. The molecule has 0 heterocycles. The van der Waals surface area contributed by atoms with Crippen LogP contribution in [0.4, 0.5) is 0 Å². The fourth-order valence-electron chi connectivity index (χ4n) is 1.88. The van der Waals surface area contributed by atoms with Crippen molar-refractivity contribution in [2.24, 2.45) is 5.41 Å². The van der Waals surface area contributed by atoms with E-state index in [-0.39, 0.29) is 0 Å². The minimum absolute atomic E-state index is 0.297. The molecule has 0 bridgehead atoms. The van der Waals surface area contributed by atoms with Crippen molar-refractivity contribution in [3.8, 4) is 0 Å². The second-order valence-corrected chi connectivity index (χ2v) is 5.85. The van der Waals surface area contributed by atoms with Crippen LogP contribution in [-0.2, 0) is 6.42 Å². The highest BCUT2D eigenvalue weighted by Gasteiger charge is 2.46. The number of hydrogen-bond acceptors (Lipinski definition) is 0. The molecule has 14 heavy (non-hydrogen) atoms. The van der Waals surface area contributed by atoms with Gasteiger partial charge in [0.1, 0.15) is 0 Å². The monoisotopic (exact) mass is 272 g/mol. The molecule has 1 saturated carbocycles. The van der Waals surface area contributed by atoms with Crippen LogP contribution in [0.5, 0.6) is 0 Å². The molecule has 0 aliphatic heterocycles. The van der Waals surface area contributed by atoms with Gasteiger partial charge in [-0.3, -0.25) is 0 Å². The summed E-state index contributed by atoms with van der Waals surface area (Å²) in [6, 6.07) is 8.57. The number of hydrogen-bond donors (Lipinski definition) is 0. The first-order valence-corrected chi connectivity index (χ1v) is 6.24. The van der Waals surface area contributed by atoms with Gasteiger partial charge in [-0.25, -0.2) is 0 Å². The minimum atomic E-state index is 0.297. The molecule has 1 aliphatic rings. The summed E-state index contributed by atoms with van der Waals surface area (Å²) in [4.78, 5) is 0. The lowest BCUT2D eigenvalue weighted by Crippen LogP contribution is -2.15. The molecule has 0 nitrogen and oxygen atoms in total. The molecule has 76 valence electrons. The maximum atomic E-state index is 6.20. The molecule has 1 unspecified atom stereocenters. The Kier molecular flexibility index (Phi) is 2.90. The largest absolute Gasteiger partial charge is 0.123 e. The lowest BCUT2D eigenvalue weighted by atomic mass is 9.94. The van der Waals surface area contributed by atoms with Gasteiger partial charge in [-0.2, -0.15) is 0 Å². The van der Waals surface area contributed by atoms with Crippen LogP contribution in [0.25, 0.3) is 0 Å². The van der Waals surface area contributed by atoms with Crippen LogP contribution in [0.2, 0.25) is 0 Å². The quantitative estimate of drug-likeness (QED) is 0.716. The summed E-state index contributed by atoms with van der Waals surface area (Å²) >= 11 is 9.65. The van der Waals surface area contributed by atoms with Crippen molar-refractivity contribution in [2.45, 2.75) is 31.6 Å². The normalized spacial score (nSPS) is 20.5. The van der Waals surface area contributed by atoms with Gasteiger partial charge in [-0.05, 0) is 49.3 Å². The average molecular weight is 274 g/mol. The molecule has 1 aliphatic carbocycles. The Morgan fingerprint density at radius 3 is 2.36 bits per heavy atom. The van der Waals surface area contributed by atoms with E-state index in [1.54, 1.807) is 0 Å². The molecule has 1 fully saturated rings. The maximum absolute atomic E-state index is 6.20. The molecule has 0 aromatic heterocycles. The van der Waals surface area contributed by atoms with Gasteiger partial charge in [0.05, 0.1) is 0 Å². The fourth-order valence-corrected chi connectivity index (χ4v) is 2.44. The van der Waals surface area contributed by atoms with Crippen LogP contribution >= 0.6 is 27.5 Å². The Hall–Kier alpha value is -0.0100. The smallest absolute Gasteiger partial charge is 0.0367 e. The van der Waals surface area contributed by atoms with Crippen LogP contribution in [0, 0.1) is 5.41 Å². The van der Waals surface area contributed by atoms with E-state index >= 15 is 0 Å². The predicted molar refractivity (Wildman–Crippen MR) is 64.8 cm³/mol. The average Bonchev–Trinajstić information content (AvgIpc) is 2.90. The van der Waals surface area contributed by atoms with E-state index in [1.165, 1.54) is 18.4 Å². The summed E-state index contributed by atoms with van der Waals surface area (Å²) in [7, 11) is 0. The van der Waals surface area contributed by atoms with E-state index in [1.807, 2.05) is 0 Å². The zero-order valence-electron chi connectivity index (χ0n) is 8.26. The van der Waals surface area contributed by atoms with Crippen LogP contribution in [0.15, 0.2) is 28.7 Å². The van der Waals surface area contributed by atoms with Gasteiger partial charge in [0.15, 0.2) is 0 Å². The van der Waals surface area contributed by atoms with Crippen LogP contribution < -0.4 is 0 Å². The molecule has 1 atom stereocenters. The van der Waals surface area contributed by atoms with Crippen LogP contribution in [0.1, 0.15) is 25.3 Å². The van der Waals surface area contributed by atoms with E-state index in [4.69, 9.17) is 11.6 Å². The van der Waals surface area contributed by atoms with Crippen molar-refractivity contribution in [3.05, 3.63) is 34.3 Å². The van der Waals surface area contributed by atoms with E-state index in [9.17, 15) is 0 Å². The highest BCUT2D eigenvalue weighted by Crippen LogP contribution is 2.53. The maximum Gasteiger partial charge on any atom is 0.0367 e. The van der Waals surface area contributed by atoms with E-state index in [0.29, 0.717) is 10.8 Å². The summed E-state index contributed by atoms with van der Waals surface area (Å²) in [5.41, 5.74) is 1.80. The van der Waals surface area contributed by atoms with E-state index < -0.39 is 0 Å². The number of halogens is 2. The van der Waals surface area contributed by atoms with Gasteiger partial charge < -0.3 is 0 Å². The zero-order chi connectivity index (χ0) is 10.2. The highest BCUT2D eigenvalue weighted by atomic mass is 79.9. The molecule has 1 aromatic carbocycles. The Morgan fingerprint density at radius 2 is 1.93 bits per heavy atom. The van der Waals surface area contributed by atoms with E-state index in [2.05, 4.69) is 47.1 Å². The summed E-state index contributed by atoms with van der Waals surface area (Å²) in [5, 5.41) is 0.297. The topological polar surface area (TPSA) is 0 Å². The van der Waals surface area contributed by atoms with Crippen LogP contribution in [0.3, 0.4) is 0 Å². The molecule has 2 heteroatoms. The third kappa shape index (κ3) is 2.14. The number of benzene rings is 1. The first-order valence-electron chi connectivity index (χ1n) is 5.01. The molecule has 0 N–H and O–H groups in total. The number of alkyl halides is 1. The number of rotatable bonds is 3. The van der Waals surface area contributed by atoms with Gasteiger partial charge >= 0.3 is 0 Å². The van der Waals surface area contributed by atoms with Crippen molar-refractivity contribution in [1.82, 2.24) is 0 Å². The van der Waals surface area contributed by atoms with Crippen molar-refractivity contribution >= 4 is 27.5 Å². The molecule has 0 saturated heterocycles. The van der Waals surface area contributed by atoms with Crippen molar-refractivity contribution in [2.75, 3.05) is 0 Å². The molecule has 0 amide bonds. The fraction of sp³-hybridized carbons (Fsp3) is 0.500. The first kappa shape index (κ1) is 10.5. The molecule has 2 rings (SSSR count). The van der Waals surface area contributed by atoms with Crippen LogP contribution in [-0.4, -0.2) is 5.38 Å².